The third kappa shape index (κ3) is 4.57. The van der Waals surface area contributed by atoms with Crippen molar-refractivity contribution in [1.29, 1.82) is 0 Å². The summed E-state index contributed by atoms with van der Waals surface area (Å²) in [7, 11) is 1.61. The summed E-state index contributed by atoms with van der Waals surface area (Å²) < 4.78 is 18.7. The number of methoxy groups -OCH3 is 1. The van der Waals surface area contributed by atoms with Gasteiger partial charge in [-0.15, -0.1) is 10.2 Å². The highest BCUT2D eigenvalue weighted by Gasteiger charge is 2.19. The molecule has 4 rings (SSSR count). The molecule has 0 aliphatic rings. The molecule has 8 nitrogen and oxygen atoms in total. The van der Waals surface area contributed by atoms with E-state index >= 15 is 0 Å². The molecule has 2 heterocycles. The van der Waals surface area contributed by atoms with Crippen molar-refractivity contribution in [3.05, 3.63) is 48.5 Å². The summed E-state index contributed by atoms with van der Waals surface area (Å²) in [4.78, 5) is 12.4. The van der Waals surface area contributed by atoms with Crippen LogP contribution in [0.5, 0.6) is 11.5 Å². The van der Waals surface area contributed by atoms with Crippen molar-refractivity contribution in [2.24, 2.45) is 0 Å². The second-order valence-corrected chi connectivity index (χ2v) is 7.78. The Morgan fingerprint density at radius 2 is 1.97 bits per heavy atom. The minimum atomic E-state index is -0.125. The Morgan fingerprint density at radius 1 is 1.16 bits per heavy atom. The van der Waals surface area contributed by atoms with Crippen LogP contribution in [-0.4, -0.2) is 40.1 Å². The van der Waals surface area contributed by atoms with E-state index in [1.807, 2.05) is 66.9 Å². The minimum Gasteiger partial charge on any atom is -0.494 e. The number of fused-ring (bicyclic) bond motifs is 1. The Bertz CT molecular complexity index is 1220. The maximum Gasteiger partial charge on any atom is 0.234 e. The van der Waals surface area contributed by atoms with Gasteiger partial charge in [-0.1, -0.05) is 23.9 Å². The fourth-order valence-corrected chi connectivity index (χ4v) is 4.10. The molecule has 9 heteroatoms. The number of para-hydroxylation sites is 1. The fraction of sp³-hybridized carbons (Fsp3) is 0.261. The predicted molar refractivity (Wildman–Crippen MR) is 124 cm³/mol. The Labute approximate surface area is 189 Å². The number of carbonyl (C=O) groups excluding carboxylic acids is 1. The van der Waals surface area contributed by atoms with Gasteiger partial charge in [-0.2, -0.15) is 0 Å². The molecule has 0 aliphatic heterocycles. The number of hydrogen-bond acceptors (Lipinski definition) is 7. The Hall–Kier alpha value is -3.46. The van der Waals surface area contributed by atoms with Crippen molar-refractivity contribution < 1.29 is 18.7 Å². The first kappa shape index (κ1) is 21.8. The SMILES string of the molecule is CCOc1ccc(NC(=O)CSc2nnc(-c3cc4cccc(OC)c4o3)n2CC)cc1. The third-order valence-electron chi connectivity index (χ3n) is 4.76. The Kier molecular flexibility index (Phi) is 6.65. The first-order valence-electron chi connectivity index (χ1n) is 10.3. The van der Waals surface area contributed by atoms with Gasteiger partial charge < -0.3 is 19.2 Å². The van der Waals surface area contributed by atoms with E-state index in [9.17, 15) is 4.79 Å². The maximum absolute atomic E-state index is 12.4. The molecule has 0 radical (unpaired) electrons. The molecule has 4 aromatic rings. The number of ether oxygens (including phenoxy) is 2. The van der Waals surface area contributed by atoms with E-state index in [0.29, 0.717) is 46.9 Å². The van der Waals surface area contributed by atoms with Gasteiger partial charge in [0.25, 0.3) is 0 Å². The summed E-state index contributed by atoms with van der Waals surface area (Å²) in [6.07, 6.45) is 0. The van der Waals surface area contributed by atoms with Crippen LogP contribution in [0.3, 0.4) is 0 Å². The largest absolute Gasteiger partial charge is 0.494 e. The van der Waals surface area contributed by atoms with Crippen LogP contribution in [-0.2, 0) is 11.3 Å². The molecule has 0 bridgehead atoms. The number of aromatic nitrogens is 3. The highest BCUT2D eigenvalue weighted by Crippen LogP contribution is 2.33. The number of hydrogen-bond donors (Lipinski definition) is 1. The van der Waals surface area contributed by atoms with Gasteiger partial charge in [0, 0.05) is 17.6 Å². The van der Waals surface area contributed by atoms with Gasteiger partial charge >= 0.3 is 0 Å². The zero-order valence-electron chi connectivity index (χ0n) is 18.1. The predicted octanol–water partition coefficient (Wildman–Crippen LogP) is 4.85. The van der Waals surface area contributed by atoms with Crippen molar-refractivity contribution >= 4 is 34.3 Å². The summed E-state index contributed by atoms with van der Waals surface area (Å²) in [6.45, 7) is 5.17. The van der Waals surface area contributed by atoms with Crippen LogP contribution in [0, 0.1) is 0 Å². The van der Waals surface area contributed by atoms with Crippen molar-refractivity contribution in [2.45, 2.75) is 25.5 Å². The third-order valence-corrected chi connectivity index (χ3v) is 5.73. The highest BCUT2D eigenvalue weighted by atomic mass is 32.2. The number of nitrogens with one attached hydrogen (secondary N) is 1. The number of carbonyl (C=O) groups is 1. The van der Waals surface area contributed by atoms with Crippen molar-refractivity contribution in [3.8, 4) is 23.1 Å². The smallest absolute Gasteiger partial charge is 0.234 e. The van der Waals surface area contributed by atoms with Crippen LogP contribution in [0.2, 0.25) is 0 Å². The minimum absolute atomic E-state index is 0.125. The van der Waals surface area contributed by atoms with Crippen molar-refractivity contribution in [1.82, 2.24) is 14.8 Å². The summed E-state index contributed by atoms with van der Waals surface area (Å²) in [5.41, 5.74) is 1.38. The second kappa shape index (κ2) is 9.78. The van der Waals surface area contributed by atoms with Gasteiger partial charge in [0.15, 0.2) is 22.2 Å². The van der Waals surface area contributed by atoms with Crippen LogP contribution >= 0.6 is 11.8 Å². The molecule has 0 spiro atoms. The lowest BCUT2D eigenvalue weighted by atomic mass is 10.2. The molecule has 1 N–H and O–H groups in total. The van der Waals surface area contributed by atoms with Gasteiger partial charge in [-0.05, 0) is 50.2 Å². The zero-order chi connectivity index (χ0) is 22.5. The average Bonchev–Trinajstić information content (AvgIpc) is 3.42. The van der Waals surface area contributed by atoms with Crippen LogP contribution < -0.4 is 14.8 Å². The number of anilines is 1. The van der Waals surface area contributed by atoms with Crippen LogP contribution in [0.4, 0.5) is 5.69 Å². The zero-order valence-corrected chi connectivity index (χ0v) is 18.9. The summed E-state index contributed by atoms with van der Waals surface area (Å²) in [5.74, 6) is 2.73. The first-order chi connectivity index (χ1) is 15.6. The monoisotopic (exact) mass is 452 g/mol. The van der Waals surface area contributed by atoms with Gasteiger partial charge in [0.2, 0.25) is 11.7 Å². The standard InChI is InChI=1S/C23H24N4O4S/c1-4-27-22(19-13-15-7-6-8-18(29-3)21(15)31-19)25-26-23(27)32-14-20(28)24-16-9-11-17(12-10-16)30-5-2/h6-13H,4-5,14H2,1-3H3,(H,24,28). The lowest BCUT2D eigenvalue weighted by Crippen LogP contribution is -2.14. The number of amides is 1. The summed E-state index contributed by atoms with van der Waals surface area (Å²) in [6, 6.07) is 14.9. The molecule has 166 valence electrons. The molecular formula is C23H24N4O4S. The van der Waals surface area contributed by atoms with Crippen LogP contribution in [0.25, 0.3) is 22.6 Å². The highest BCUT2D eigenvalue weighted by molar-refractivity contribution is 7.99. The first-order valence-corrected chi connectivity index (χ1v) is 11.3. The Morgan fingerprint density at radius 3 is 2.69 bits per heavy atom. The molecule has 2 aromatic heterocycles. The molecule has 0 fully saturated rings. The van der Waals surface area contributed by atoms with Crippen LogP contribution in [0.15, 0.2) is 58.1 Å². The molecule has 0 atom stereocenters. The van der Waals surface area contributed by atoms with E-state index in [0.717, 1.165) is 11.1 Å². The number of benzene rings is 2. The molecule has 0 aliphatic carbocycles. The van der Waals surface area contributed by atoms with E-state index in [2.05, 4.69) is 15.5 Å². The molecule has 32 heavy (non-hydrogen) atoms. The van der Waals surface area contributed by atoms with Crippen molar-refractivity contribution in [3.63, 3.8) is 0 Å². The number of nitrogens with zero attached hydrogens (tertiary/aromatic N) is 3. The molecule has 2 aromatic carbocycles. The lowest BCUT2D eigenvalue weighted by Gasteiger charge is -2.08. The topological polar surface area (TPSA) is 91.4 Å². The van der Waals surface area contributed by atoms with E-state index in [4.69, 9.17) is 13.9 Å². The van der Waals surface area contributed by atoms with Gasteiger partial charge in [0.05, 0.1) is 19.5 Å². The van der Waals surface area contributed by atoms with Gasteiger partial charge in [-0.25, -0.2) is 0 Å². The average molecular weight is 453 g/mol. The quantitative estimate of drug-likeness (QED) is 0.363. The second-order valence-electron chi connectivity index (χ2n) is 6.83. The summed E-state index contributed by atoms with van der Waals surface area (Å²) >= 11 is 1.33. The maximum atomic E-state index is 12.4. The fourth-order valence-electron chi connectivity index (χ4n) is 3.30. The van der Waals surface area contributed by atoms with E-state index in [-0.39, 0.29) is 11.7 Å². The van der Waals surface area contributed by atoms with Gasteiger partial charge in [0.1, 0.15) is 5.75 Å². The summed E-state index contributed by atoms with van der Waals surface area (Å²) in [5, 5.41) is 13.0. The molecule has 0 saturated heterocycles. The molecule has 1 amide bonds. The van der Waals surface area contributed by atoms with Crippen LogP contribution in [0.1, 0.15) is 13.8 Å². The molecule has 0 saturated carbocycles. The number of rotatable bonds is 9. The number of thioether (sulfide) groups is 1. The number of furan rings is 1. The van der Waals surface area contributed by atoms with E-state index in [1.54, 1.807) is 7.11 Å². The lowest BCUT2D eigenvalue weighted by molar-refractivity contribution is -0.113. The van der Waals surface area contributed by atoms with Crippen molar-refractivity contribution in [2.75, 3.05) is 24.8 Å². The molecule has 0 unspecified atom stereocenters. The van der Waals surface area contributed by atoms with E-state index in [1.165, 1.54) is 11.8 Å². The van der Waals surface area contributed by atoms with E-state index < -0.39 is 0 Å². The Balaban J connectivity index is 1.46. The normalized spacial score (nSPS) is 11.0. The molecular weight excluding hydrogens is 428 g/mol. The van der Waals surface area contributed by atoms with Gasteiger partial charge in [-0.3, -0.25) is 9.36 Å².